The van der Waals surface area contributed by atoms with Crippen LogP contribution in [0.1, 0.15) is 19.3 Å². The lowest BCUT2D eigenvalue weighted by atomic mass is 9.84. The number of fused-ring (bicyclic) bond motifs is 3. The molecule has 1 amide bonds. The topological polar surface area (TPSA) is 46.3 Å². The highest BCUT2D eigenvalue weighted by Crippen LogP contribution is 2.49. The Labute approximate surface area is 123 Å². The Morgan fingerprint density at radius 3 is 2.85 bits per heavy atom. The first kappa shape index (κ1) is 12.7. The van der Waals surface area contributed by atoms with Crippen LogP contribution >= 0.6 is 11.8 Å². The minimum Gasteiger partial charge on any atom is -0.327 e. The summed E-state index contributed by atoms with van der Waals surface area (Å²) in [6.07, 6.45) is 3.59. The third-order valence-electron chi connectivity index (χ3n) is 5.26. The van der Waals surface area contributed by atoms with Gasteiger partial charge in [0, 0.05) is 23.2 Å². The predicted octanol–water partition coefficient (Wildman–Crippen LogP) is 2.50. The molecule has 4 heteroatoms. The van der Waals surface area contributed by atoms with Crippen LogP contribution in [0.25, 0.3) is 0 Å². The molecule has 0 radical (unpaired) electrons. The summed E-state index contributed by atoms with van der Waals surface area (Å²) in [7, 11) is 0. The van der Waals surface area contributed by atoms with Crippen LogP contribution in [0.4, 0.5) is 5.69 Å². The number of hydrogen-bond donors (Lipinski definition) is 1. The second-order valence-electron chi connectivity index (χ2n) is 6.24. The normalized spacial score (nSPS) is 35.1. The van der Waals surface area contributed by atoms with Gasteiger partial charge < -0.3 is 10.6 Å². The Balaban J connectivity index is 1.64. The van der Waals surface area contributed by atoms with Crippen molar-refractivity contribution in [3.05, 3.63) is 24.3 Å². The first-order chi connectivity index (χ1) is 9.75. The van der Waals surface area contributed by atoms with Gasteiger partial charge in [0.15, 0.2) is 0 Å². The second-order valence-corrected chi connectivity index (χ2v) is 7.38. The number of carbonyl (C=O) groups excluding carboxylic acids is 1. The van der Waals surface area contributed by atoms with Gasteiger partial charge in [-0.05, 0) is 43.2 Å². The fraction of sp³-hybridized carbons (Fsp3) is 0.562. The largest absolute Gasteiger partial charge is 0.327 e. The van der Waals surface area contributed by atoms with Crippen LogP contribution < -0.4 is 10.6 Å². The lowest BCUT2D eigenvalue weighted by molar-refractivity contribution is -0.124. The fourth-order valence-electron chi connectivity index (χ4n) is 4.28. The number of amides is 1. The number of anilines is 1. The summed E-state index contributed by atoms with van der Waals surface area (Å²) in [6.45, 7) is 0.821. The van der Waals surface area contributed by atoms with Crippen molar-refractivity contribution < 1.29 is 4.79 Å². The maximum Gasteiger partial charge on any atom is 0.232 e. The van der Waals surface area contributed by atoms with E-state index in [0.717, 1.165) is 18.0 Å². The predicted molar refractivity (Wildman–Crippen MR) is 81.8 cm³/mol. The zero-order valence-electron chi connectivity index (χ0n) is 11.5. The molecule has 106 valence electrons. The SMILES string of the molecule is NC1C2CCC(C2)C1C(=O)N1CCSc2ccccc21. The molecule has 1 aliphatic heterocycles. The van der Waals surface area contributed by atoms with Crippen LogP contribution in [0.15, 0.2) is 29.2 Å². The average molecular weight is 288 g/mol. The van der Waals surface area contributed by atoms with Crippen molar-refractivity contribution in [2.45, 2.75) is 30.2 Å². The van der Waals surface area contributed by atoms with E-state index in [-0.39, 0.29) is 17.9 Å². The molecule has 2 fully saturated rings. The van der Waals surface area contributed by atoms with Crippen molar-refractivity contribution in [2.24, 2.45) is 23.5 Å². The number of nitrogens with two attached hydrogens (primary N) is 1. The van der Waals surface area contributed by atoms with E-state index in [2.05, 4.69) is 12.1 Å². The third kappa shape index (κ3) is 1.81. The summed E-state index contributed by atoms with van der Waals surface area (Å²) in [5.74, 6) is 2.44. The maximum atomic E-state index is 13.0. The van der Waals surface area contributed by atoms with E-state index in [1.807, 2.05) is 28.8 Å². The highest BCUT2D eigenvalue weighted by molar-refractivity contribution is 7.99. The van der Waals surface area contributed by atoms with E-state index in [1.165, 1.54) is 24.2 Å². The molecule has 2 bridgehead atoms. The molecule has 2 N–H and O–H groups in total. The van der Waals surface area contributed by atoms with Gasteiger partial charge in [0.2, 0.25) is 5.91 Å². The highest BCUT2D eigenvalue weighted by atomic mass is 32.2. The zero-order chi connectivity index (χ0) is 13.7. The summed E-state index contributed by atoms with van der Waals surface area (Å²) in [5, 5.41) is 0. The van der Waals surface area contributed by atoms with E-state index in [1.54, 1.807) is 0 Å². The Hall–Kier alpha value is -1.00. The number of rotatable bonds is 1. The Kier molecular flexibility index (Phi) is 3.04. The number of benzene rings is 1. The minimum atomic E-state index is 0.0601. The van der Waals surface area contributed by atoms with Gasteiger partial charge in [-0.1, -0.05) is 12.1 Å². The van der Waals surface area contributed by atoms with Crippen LogP contribution in [0.2, 0.25) is 0 Å². The number of para-hydroxylation sites is 1. The number of nitrogens with zero attached hydrogens (tertiary/aromatic N) is 1. The molecule has 1 aromatic carbocycles. The van der Waals surface area contributed by atoms with Gasteiger partial charge >= 0.3 is 0 Å². The summed E-state index contributed by atoms with van der Waals surface area (Å²) in [6, 6.07) is 8.33. The molecule has 1 heterocycles. The molecule has 0 spiro atoms. The number of carbonyl (C=O) groups is 1. The summed E-state index contributed by atoms with van der Waals surface area (Å²) >= 11 is 1.84. The summed E-state index contributed by atoms with van der Waals surface area (Å²) in [5.41, 5.74) is 7.43. The Morgan fingerprint density at radius 1 is 1.25 bits per heavy atom. The van der Waals surface area contributed by atoms with Crippen molar-refractivity contribution in [1.29, 1.82) is 0 Å². The summed E-state index contributed by atoms with van der Waals surface area (Å²) < 4.78 is 0. The second kappa shape index (κ2) is 4.78. The van der Waals surface area contributed by atoms with Crippen molar-refractivity contribution in [2.75, 3.05) is 17.2 Å². The van der Waals surface area contributed by atoms with Crippen LogP contribution in [0, 0.1) is 17.8 Å². The number of hydrogen-bond acceptors (Lipinski definition) is 3. The van der Waals surface area contributed by atoms with Gasteiger partial charge in [0.05, 0.1) is 11.6 Å². The Bertz CT molecular complexity index is 545. The van der Waals surface area contributed by atoms with Gasteiger partial charge in [0.25, 0.3) is 0 Å². The van der Waals surface area contributed by atoms with E-state index >= 15 is 0 Å². The zero-order valence-corrected chi connectivity index (χ0v) is 12.3. The number of thioether (sulfide) groups is 1. The van der Waals surface area contributed by atoms with Crippen LogP contribution in [0.5, 0.6) is 0 Å². The molecule has 1 aromatic rings. The third-order valence-corrected chi connectivity index (χ3v) is 6.30. The fourth-order valence-corrected chi connectivity index (χ4v) is 5.28. The maximum absolute atomic E-state index is 13.0. The van der Waals surface area contributed by atoms with Crippen LogP contribution in [-0.2, 0) is 4.79 Å². The van der Waals surface area contributed by atoms with Gasteiger partial charge in [-0.3, -0.25) is 4.79 Å². The van der Waals surface area contributed by atoms with Gasteiger partial charge in [0.1, 0.15) is 0 Å². The molecule has 2 saturated carbocycles. The molecule has 2 aliphatic carbocycles. The molecular formula is C16H20N2OS. The van der Waals surface area contributed by atoms with Crippen LogP contribution in [0.3, 0.4) is 0 Å². The first-order valence-electron chi connectivity index (χ1n) is 7.54. The van der Waals surface area contributed by atoms with Crippen molar-refractivity contribution in [3.8, 4) is 0 Å². The minimum absolute atomic E-state index is 0.0601. The van der Waals surface area contributed by atoms with Gasteiger partial charge in [-0.2, -0.15) is 0 Å². The standard InChI is InChI=1S/C16H20N2OS/c17-15-11-6-5-10(9-11)14(15)16(19)18-7-8-20-13-4-2-1-3-12(13)18/h1-4,10-11,14-15H,5-9,17H2. The van der Waals surface area contributed by atoms with Gasteiger partial charge in [-0.25, -0.2) is 0 Å². The quantitative estimate of drug-likeness (QED) is 0.863. The lowest BCUT2D eigenvalue weighted by Crippen LogP contribution is -2.48. The molecule has 4 atom stereocenters. The van der Waals surface area contributed by atoms with Crippen molar-refractivity contribution >= 4 is 23.4 Å². The van der Waals surface area contributed by atoms with E-state index < -0.39 is 0 Å². The molecule has 3 nitrogen and oxygen atoms in total. The molecule has 4 unspecified atom stereocenters. The molecular weight excluding hydrogens is 268 g/mol. The van der Waals surface area contributed by atoms with E-state index in [9.17, 15) is 4.79 Å². The van der Waals surface area contributed by atoms with Gasteiger partial charge in [-0.15, -0.1) is 11.8 Å². The Morgan fingerprint density at radius 2 is 2.05 bits per heavy atom. The monoisotopic (exact) mass is 288 g/mol. The summed E-state index contributed by atoms with van der Waals surface area (Å²) in [4.78, 5) is 16.2. The molecule has 0 aromatic heterocycles. The van der Waals surface area contributed by atoms with Crippen LogP contribution in [-0.4, -0.2) is 24.2 Å². The first-order valence-corrected chi connectivity index (χ1v) is 8.53. The highest BCUT2D eigenvalue weighted by Gasteiger charge is 2.50. The molecule has 4 rings (SSSR count). The lowest BCUT2D eigenvalue weighted by Gasteiger charge is -2.35. The molecule has 0 saturated heterocycles. The van der Waals surface area contributed by atoms with Crippen molar-refractivity contribution in [3.63, 3.8) is 0 Å². The molecule has 3 aliphatic rings. The average Bonchev–Trinajstić information content (AvgIpc) is 3.07. The van der Waals surface area contributed by atoms with E-state index in [4.69, 9.17) is 5.73 Å². The van der Waals surface area contributed by atoms with Crippen molar-refractivity contribution in [1.82, 2.24) is 0 Å². The van der Waals surface area contributed by atoms with E-state index in [0.29, 0.717) is 11.8 Å². The molecule has 20 heavy (non-hydrogen) atoms. The smallest absolute Gasteiger partial charge is 0.232 e.